The normalized spacial score (nSPS) is 16.1. The zero-order valence-electron chi connectivity index (χ0n) is 14.9. The van der Waals surface area contributed by atoms with Crippen LogP contribution in [0.3, 0.4) is 0 Å². The number of rotatable bonds is 2. The van der Waals surface area contributed by atoms with Gasteiger partial charge in [-0.15, -0.1) is 0 Å². The molecule has 0 fully saturated rings. The molecule has 1 aliphatic heterocycles. The van der Waals surface area contributed by atoms with Gasteiger partial charge in [0.1, 0.15) is 0 Å². The number of aromatic nitrogens is 1. The van der Waals surface area contributed by atoms with Crippen LogP contribution in [-0.2, 0) is 0 Å². The number of anilines is 1. The molecule has 2 aromatic carbocycles. The van der Waals surface area contributed by atoms with Gasteiger partial charge in [0.15, 0.2) is 0 Å². The first kappa shape index (κ1) is 16.4. The summed E-state index contributed by atoms with van der Waals surface area (Å²) in [6.07, 6.45) is -0.269. The fourth-order valence-corrected chi connectivity index (χ4v) is 5.94. The summed E-state index contributed by atoms with van der Waals surface area (Å²) in [7, 11) is 1.64. The summed E-state index contributed by atoms with van der Waals surface area (Å²) >= 11 is -0.0958. The molecule has 0 saturated carbocycles. The van der Waals surface area contributed by atoms with Crippen LogP contribution in [-0.4, -0.2) is 32.5 Å². The third-order valence-corrected chi connectivity index (χ3v) is 7.29. The van der Waals surface area contributed by atoms with Gasteiger partial charge >= 0.3 is 162 Å². The van der Waals surface area contributed by atoms with Gasteiger partial charge in [-0.3, -0.25) is 0 Å². The van der Waals surface area contributed by atoms with Crippen molar-refractivity contribution in [3.63, 3.8) is 0 Å². The van der Waals surface area contributed by atoms with E-state index in [1.165, 1.54) is 5.56 Å². The number of amides is 1. The van der Waals surface area contributed by atoms with Crippen LogP contribution in [0, 0.1) is 6.92 Å². The minimum atomic E-state index is -0.269. The molecule has 27 heavy (non-hydrogen) atoms. The van der Waals surface area contributed by atoms with Crippen molar-refractivity contribution >= 4 is 46.8 Å². The molecule has 2 aromatic heterocycles. The molecule has 0 spiro atoms. The quantitative estimate of drug-likeness (QED) is 0.485. The number of nitrogens with one attached hydrogen (secondary N) is 2. The number of benzene rings is 2. The van der Waals surface area contributed by atoms with Crippen LogP contribution in [0.15, 0.2) is 48.5 Å². The average Bonchev–Trinajstić information content (AvgIpc) is 3.07. The van der Waals surface area contributed by atoms with E-state index in [1.807, 2.05) is 42.5 Å². The van der Waals surface area contributed by atoms with Crippen molar-refractivity contribution in [3.8, 4) is 5.75 Å². The molecule has 0 aliphatic carbocycles. The summed E-state index contributed by atoms with van der Waals surface area (Å²) < 4.78 is 7.08. The Balaban J connectivity index is 1.66. The van der Waals surface area contributed by atoms with Crippen molar-refractivity contribution in [2.24, 2.45) is 0 Å². The molecule has 1 unspecified atom stereocenters. The van der Waals surface area contributed by atoms with Crippen LogP contribution < -0.4 is 15.4 Å². The molecule has 0 saturated heterocycles. The number of hydrogen-bond donors (Lipinski definition) is 2. The molecule has 6 heteroatoms. The Bertz CT molecular complexity index is 1200. The Morgan fingerprint density at radius 3 is 2.63 bits per heavy atom. The van der Waals surface area contributed by atoms with Crippen LogP contribution in [0.25, 0.3) is 20.7 Å². The summed E-state index contributed by atoms with van der Waals surface area (Å²) in [4.78, 5) is 17.7. The van der Waals surface area contributed by atoms with Crippen molar-refractivity contribution in [2.75, 3.05) is 12.4 Å². The van der Waals surface area contributed by atoms with E-state index in [2.05, 4.69) is 23.6 Å². The standard InChI is InChI=1S/C21H17N3O2Se/c1-11-14-5-3-4-6-15(14)22-21-16(11)17-18(27-21)20(25)24-19(23-17)12-7-9-13(26-2)10-8-12/h3-10,19,23H,1-2H3,(H,24,25). The van der Waals surface area contributed by atoms with Crippen LogP contribution in [0.2, 0.25) is 0 Å². The number of carbonyl (C=O) groups excluding carboxylic acids is 1. The molecule has 134 valence electrons. The van der Waals surface area contributed by atoms with Gasteiger partial charge in [0.2, 0.25) is 0 Å². The fraction of sp³-hybridized carbons (Fsp3) is 0.143. The molecule has 1 aliphatic rings. The predicted octanol–water partition coefficient (Wildman–Crippen LogP) is 3.62. The molecule has 1 atom stereocenters. The Kier molecular flexibility index (Phi) is 3.71. The van der Waals surface area contributed by atoms with Crippen LogP contribution in [0.1, 0.15) is 26.5 Å². The maximum absolute atomic E-state index is 12.8. The molecule has 3 heterocycles. The van der Waals surface area contributed by atoms with E-state index in [4.69, 9.17) is 9.72 Å². The third kappa shape index (κ3) is 2.52. The molecule has 2 N–H and O–H groups in total. The summed E-state index contributed by atoms with van der Waals surface area (Å²) in [5, 5.41) is 8.85. The Hall–Kier alpha value is -2.82. The topological polar surface area (TPSA) is 63.2 Å². The van der Waals surface area contributed by atoms with Crippen LogP contribution in [0.4, 0.5) is 5.69 Å². The van der Waals surface area contributed by atoms with Gasteiger partial charge in [-0.25, -0.2) is 0 Å². The second-order valence-electron chi connectivity index (χ2n) is 6.56. The van der Waals surface area contributed by atoms with E-state index in [9.17, 15) is 4.79 Å². The summed E-state index contributed by atoms with van der Waals surface area (Å²) in [5.41, 5.74) is 4.09. The molecular formula is C21H17N3O2Se. The predicted molar refractivity (Wildman–Crippen MR) is 108 cm³/mol. The zero-order chi connectivity index (χ0) is 18.5. The van der Waals surface area contributed by atoms with Gasteiger partial charge in [-0.1, -0.05) is 0 Å². The fourth-order valence-electron chi connectivity index (χ4n) is 3.62. The SMILES string of the molecule is COc1ccc(C2NC(=O)c3[se]c4nc5ccccc5c(C)c4c3N2)cc1. The zero-order valence-corrected chi connectivity index (χ0v) is 16.6. The summed E-state index contributed by atoms with van der Waals surface area (Å²) in [5.74, 6) is 0.785. The van der Waals surface area contributed by atoms with E-state index < -0.39 is 0 Å². The third-order valence-electron chi connectivity index (χ3n) is 5.01. The van der Waals surface area contributed by atoms with Crippen molar-refractivity contribution < 1.29 is 9.53 Å². The monoisotopic (exact) mass is 423 g/mol. The van der Waals surface area contributed by atoms with Gasteiger partial charge < -0.3 is 0 Å². The summed E-state index contributed by atoms with van der Waals surface area (Å²) in [6, 6.07) is 15.9. The van der Waals surface area contributed by atoms with E-state index >= 15 is 0 Å². The molecule has 0 radical (unpaired) electrons. The number of fused-ring (bicyclic) bond motifs is 4. The molecule has 1 amide bonds. The van der Waals surface area contributed by atoms with E-state index in [0.29, 0.717) is 0 Å². The number of methoxy groups -OCH3 is 1. The number of ether oxygens (including phenoxy) is 1. The Morgan fingerprint density at radius 1 is 1.07 bits per heavy atom. The first-order chi connectivity index (χ1) is 13.2. The molecule has 5 rings (SSSR count). The molecule has 5 nitrogen and oxygen atoms in total. The maximum atomic E-state index is 12.8. The Labute approximate surface area is 162 Å². The number of para-hydroxylation sites is 1. The van der Waals surface area contributed by atoms with Crippen molar-refractivity contribution in [2.45, 2.75) is 13.1 Å². The molecule has 0 bridgehead atoms. The van der Waals surface area contributed by atoms with Crippen molar-refractivity contribution in [3.05, 3.63) is 64.1 Å². The number of hydrogen-bond acceptors (Lipinski definition) is 4. The molecule has 4 aromatic rings. The second kappa shape index (κ2) is 6.12. The van der Waals surface area contributed by atoms with E-state index in [-0.39, 0.29) is 26.6 Å². The number of nitrogens with zero attached hydrogens (tertiary/aromatic N) is 1. The minimum absolute atomic E-state index is 0.00831. The summed E-state index contributed by atoms with van der Waals surface area (Å²) in [6.45, 7) is 2.12. The van der Waals surface area contributed by atoms with Crippen LogP contribution in [0.5, 0.6) is 5.75 Å². The first-order valence-corrected chi connectivity index (χ1v) is 10.4. The van der Waals surface area contributed by atoms with Crippen molar-refractivity contribution in [1.29, 1.82) is 0 Å². The second-order valence-corrected chi connectivity index (χ2v) is 8.66. The van der Waals surface area contributed by atoms with E-state index in [1.54, 1.807) is 7.11 Å². The number of carbonyl (C=O) groups is 1. The number of aryl methyl sites for hydroxylation is 1. The first-order valence-electron chi connectivity index (χ1n) is 8.69. The van der Waals surface area contributed by atoms with Crippen molar-refractivity contribution in [1.82, 2.24) is 10.3 Å². The van der Waals surface area contributed by atoms with Gasteiger partial charge in [0.05, 0.1) is 0 Å². The van der Waals surface area contributed by atoms with E-state index in [0.717, 1.165) is 42.1 Å². The van der Waals surface area contributed by atoms with Gasteiger partial charge in [0, 0.05) is 0 Å². The van der Waals surface area contributed by atoms with Gasteiger partial charge in [-0.05, 0) is 0 Å². The molecular weight excluding hydrogens is 405 g/mol. The average molecular weight is 422 g/mol. The van der Waals surface area contributed by atoms with Crippen LogP contribution >= 0.6 is 0 Å². The van der Waals surface area contributed by atoms with Gasteiger partial charge in [-0.2, -0.15) is 0 Å². The Morgan fingerprint density at radius 2 is 1.85 bits per heavy atom. The van der Waals surface area contributed by atoms with Gasteiger partial charge in [0.25, 0.3) is 0 Å². The number of pyridine rings is 1.